The van der Waals surface area contributed by atoms with Crippen molar-refractivity contribution < 1.29 is 0 Å². The Hall–Kier alpha value is -0.920. The summed E-state index contributed by atoms with van der Waals surface area (Å²) >= 11 is 0. The van der Waals surface area contributed by atoms with Crippen LogP contribution in [-0.2, 0) is 0 Å². The van der Waals surface area contributed by atoms with E-state index in [1.807, 2.05) is 0 Å². The molecular formula is C42H82N2. The molecule has 1 rings (SSSR count). The highest BCUT2D eigenvalue weighted by Gasteiger charge is 2.13. The summed E-state index contributed by atoms with van der Waals surface area (Å²) in [5.41, 5.74) is 2.85. The van der Waals surface area contributed by atoms with Gasteiger partial charge in [0.25, 0.3) is 0 Å². The zero-order chi connectivity index (χ0) is 31.8. The van der Waals surface area contributed by atoms with Gasteiger partial charge in [-0.1, -0.05) is 206 Å². The van der Waals surface area contributed by atoms with Crippen LogP contribution >= 0.6 is 0 Å². The van der Waals surface area contributed by atoms with E-state index < -0.39 is 0 Å². The molecule has 0 atom stereocenters. The minimum Gasteiger partial charge on any atom is -0.349 e. The monoisotopic (exact) mass is 615 g/mol. The number of allylic oxidation sites excluding steroid dienone is 2. The number of nitrogens with zero attached hydrogens (tertiary/aromatic N) is 2. The van der Waals surface area contributed by atoms with Gasteiger partial charge in [0, 0.05) is 36.9 Å². The molecule has 44 heavy (non-hydrogen) atoms. The van der Waals surface area contributed by atoms with Crippen LogP contribution in [0.15, 0.2) is 23.8 Å². The minimum absolute atomic E-state index is 1.19. The highest BCUT2D eigenvalue weighted by molar-refractivity contribution is 5.15. The smallest absolute Gasteiger partial charge is 0.0306 e. The third-order valence-corrected chi connectivity index (χ3v) is 10.1. The summed E-state index contributed by atoms with van der Waals surface area (Å²) in [6, 6.07) is 0. The van der Waals surface area contributed by atoms with Gasteiger partial charge < -0.3 is 9.80 Å². The van der Waals surface area contributed by atoms with Gasteiger partial charge in [-0.3, -0.25) is 0 Å². The lowest BCUT2D eigenvalue weighted by atomic mass is 10.0. The first-order chi connectivity index (χ1) is 21.7. The highest BCUT2D eigenvalue weighted by Crippen LogP contribution is 2.21. The number of hydrogen-bond donors (Lipinski definition) is 0. The fourth-order valence-corrected chi connectivity index (χ4v) is 6.95. The molecule has 0 aliphatic carbocycles. The second-order valence-electron chi connectivity index (χ2n) is 14.5. The van der Waals surface area contributed by atoms with Crippen molar-refractivity contribution in [2.75, 3.05) is 13.1 Å². The van der Waals surface area contributed by atoms with Gasteiger partial charge in [0.2, 0.25) is 0 Å². The lowest BCUT2D eigenvalue weighted by Crippen LogP contribution is -2.28. The Balaban J connectivity index is 1.90. The molecule has 1 aliphatic rings. The van der Waals surface area contributed by atoms with E-state index >= 15 is 0 Å². The van der Waals surface area contributed by atoms with Gasteiger partial charge in [0.05, 0.1) is 0 Å². The van der Waals surface area contributed by atoms with Crippen molar-refractivity contribution in [3.63, 3.8) is 0 Å². The van der Waals surface area contributed by atoms with Crippen molar-refractivity contribution in [2.45, 2.75) is 233 Å². The predicted molar refractivity (Wildman–Crippen MR) is 200 cm³/mol. The van der Waals surface area contributed by atoms with E-state index in [1.165, 1.54) is 230 Å². The molecule has 0 saturated heterocycles. The van der Waals surface area contributed by atoms with Crippen LogP contribution in [0.5, 0.6) is 0 Å². The molecule has 0 aromatic carbocycles. The van der Waals surface area contributed by atoms with Crippen molar-refractivity contribution in [3.05, 3.63) is 23.8 Å². The summed E-state index contributed by atoms with van der Waals surface area (Å²) in [4.78, 5) is 5.01. The fraction of sp³-hybridized carbons (Fsp3) is 0.905. The molecule has 2 nitrogen and oxygen atoms in total. The fourth-order valence-electron chi connectivity index (χ4n) is 6.95. The summed E-state index contributed by atoms with van der Waals surface area (Å²) < 4.78 is 0. The number of rotatable bonds is 34. The molecule has 0 spiro atoms. The first-order valence-electron chi connectivity index (χ1n) is 20.6. The Morgan fingerprint density at radius 3 is 0.682 bits per heavy atom. The molecular weight excluding hydrogens is 532 g/mol. The molecule has 0 N–H and O–H groups in total. The molecule has 260 valence electrons. The molecule has 0 saturated carbocycles. The van der Waals surface area contributed by atoms with Crippen LogP contribution < -0.4 is 0 Å². The normalized spacial score (nSPS) is 13.5. The molecule has 1 aliphatic heterocycles. The van der Waals surface area contributed by atoms with E-state index in [0.717, 1.165) is 0 Å². The van der Waals surface area contributed by atoms with Gasteiger partial charge in [0.1, 0.15) is 0 Å². The average Bonchev–Trinajstić information content (AvgIpc) is 3.02. The van der Waals surface area contributed by atoms with Crippen LogP contribution in [0.3, 0.4) is 0 Å². The lowest BCUT2D eigenvalue weighted by Gasteiger charge is -2.33. The Bertz CT molecular complexity index is 594. The maximum absolute atomic E-state index is 2.50. The third-order valence-electron chi connectivity index (χ3n) is 10.1. The summed E-state index contributed by atoms with van der Waals surface area (Å²) in [6.07, 6.45) is 50.9. The Morgan fingerprint density at radius 2 is 0.477 bits per heavy atom. The van der Waals surface area contributed by atoms with E-state index in [2.05, 4.69) is 49.9 Å². The van der Waals surface area contributed by atoms with Gasteiger partial charge in [-0.05, 0) is 26.7 Å². The van der Waals surface area contributed by atoms with E-state index in [4.69, 9.17) is 0 Å². The maximum atomic E-state index is 2.50. The molecule has 0 aromatic rings. The van der Waals surface area contributed by atoms with Crippen molar-refractivity contribution in [2.24, 2.45) is 0 Å². The highest BCUT2D eigenvalue weighted by atomic mass is 15.2. The molecule has 0 amide bonds. The minimum atomic E-state index is 1.19. The largest absolute Gasteiger partial charge is 0.349 e. The van der Waals surface area contributed by atoms with Gasteiger partial charge in [-0.25, -0.2) is 0 Å². The van der Waals surface area contributed by atoms with E-state index in [-0.39, 0.29) is 0 Å². The standard InChI is InChI=1S/C42H82N2/c1-5-7-9-11-13-15-17-19-21-23-25-27-29-31-33-35-37-43-39-42(4)44(40-41(43)3)38-36-34-32-30-28-26-24-22-20-18-16-14-12-10-8-6-2/h39-40H,5-38H2,1-4H3. The quantitative estimate of drug-likeness (QED) is 0.0665. The van der Waals surface area contributed by atoms with Gasteiger partial charge >= 0.3 is 0 Å². The first kappa shape index (κ1) is 41.1. The van der Waals surface area contributed by atoms with Crippen LogP contribution in [0, 0.1) is 0 Å². The molecule has 0 unspecified atom stereocenters. The van der Waals surface area contributed by atoms with Gasteiger partial charge in [0.15, 0.2) is 0 Å². The lowest BCUT2D eigenvalue weighted by molar-refractivity contribution is 0.353. The SMILES string of the molecule is CCCCCCCCCCCCCCCCCCN1C=C(C)N(CCCCCCCCCCCCCCCCCC)C=C1C. The topological polar surface area (TPSA) is 6.48 Å². The summed E-state index contributed by atoms with van der Waals surface area (Å²) in [6.45, 7) is 11.6. The molecule has 0 fully saturated rings. The molecule has 1 heterocycles. The molecule has 0 aromatic heterocycles. The summed E-state index contributed by atoms with van der Waals surface area (Å²) in [5.74, 6) is 0. The number of hydrogen-bond acceptors (Lipinski definition) is 2. The second kappa shape index (κ2) is 32.0. The van der Waals surface area contributed by atoms with Crippen molar-refractivity contribution in [1.82, 2.24) is 9.80 Å². The Kier molecular flexibility index (Phi) is 29.9. The van der Waals surface area contributed by atoms with Crippen LogP contribution in [0.2, 0.25) is 0 Å². The average molecular weight is 615 g/mol. The van der Waals surface area contributed by atoms with Crippen molar-refractivity contribution in [3.8, 4) is 0 Å². The third kappa shape index (κ3) is 25.3. The summed E-state index contributed by atoms with van der Waals surface area (Å²) in [7, 11) is 0. The summed E-state index contributed by atoms with van der Waals surface area (Å²) in [5, 5.41) is 0. The van der Waals surface area contributed by atoms with E-state index in [9.17, 15) is 0 Å². The van der Waals surface area contributed by atoms with Crippen LogP contribution in [0.1, 0.15) is 233 Å². The molecule has 2 heteroatoms. The second-order valence-corrected chi connectivity index (χ2v) is 14.5. The van der Waals surface area contributed by atoms with Gasteiger partial charge in [-0.2, -0.15) is 0 Å². The Morgan fingerprint density at radius 1 is 0.295 bits per heavy atom. The first-order valence-corrected chi connectivity index (χ1v) is 20.6. The van der Waals surface area contributed by atoms with Gasteiger partial charge in [-0.15, -0.1) is 0 Å². The zero-order valence-corrected chi connectivity index (χ0v) is 31.1. The van der Waals surface area contributed by atoms with Crippen LogP contribution in [-0.4, -0.2) is 22.9 Å². The molecule has 0 bridgehead atoms. The van der Waals surface area contributed by atoms with Crippen LogP contribution in [0.25, 0.3) is 0 Å². The number of unbranched alkanes of at least 4 members (excludes halogenated alkanes) is 30. The van der Waals surface area contributed by atoms with Crippen molar-refractivity contribution >= 4 is 0 Å². The zero-order valence-electron chi connectivity index (χ0n) is 31.1. The van der Waals surface area contributed by atoms with E-state index in [0.29, 0.717) is 0 Å². The molecule has 0 radical (unpaired) electrons. The van der Waals surface area contributed by atoms with Crippen LogP contribution in [0.4, 0.5) is 0 Å². The van der Waals surface area contributed by atoms with Crippen molar-refractivity contribution in [1.29, 1.82) is 0 Å². The van der Waals surface area contributed by atoms with E-state index in [1.54, 1.807) is 0 Å². The Labute approximate surface area is 279 Å². The maximum Gasteiger partial charge on any atom is 0.0306 e. The predicted octanol–water partition coefficient (Wildman–Crippen LogP) is 14.8.